The second-order valence-corrected chi connectivity index (χ2v) is 4.60. The van der Waals surface area contributed by atoms with Crippen LogP contribution in [0.1, 0.15) is 18.9 Å². The van der Waals surface area contributed by atoms with Gasteiger partial charge in [-0.25, -0.2) is 9.67 Å². The van der Waals surface area contributed by atoms with Crippen LogP contribution in [-0.2, 0) is 17.9 Å². The number of carbonyl (C=O) groups excluding carboxylic acids is 1. The van der Waals surface area contributed by atoms with Crippen LogP contribution in [0.5, 0.6) is 0 Å². The Morgan fingerprint density at radius 1 is 1.35 bits per heavy atom. The summed E-state index contributed by atoms with van der Waals surface area (Å²) >= 11 is 0. The third-order valence-corrected chi connectivity index (χ3v) is 2.91. The number of hydrogen-bond acceptors (Lipinski definition) is 4. The van der Waals surface area contributed by atoms with Crippen LogP contribution in [0.4, 0.5) is 5.95 Å². The van der Waals surface area contributed by atoms with Gasteiger partial charge in [-0.15, -0.1) is 5.10 Å². The second-order valence-electron chi connectivity index (χ2n) is 4.60. The number of rotatable bonds is 6. The largest absolute Gasteiger partial charge is 0.367 e. The summed E-state index contributed by atoms with van der Waals surface area (Å²) in [4.78, 5) is 18.0. The minimum Gasteiger partial charge on any atom is -0.367 e. The average Bonchev–Trinajstić information content (AvgIpc) is 2.85. The van der Waals surface area contributed by atoms with Crippen LogP contribution >= 0.6 is 0 Å². The summed E-state index contributed by atoms with van der Waals surface area (Å²) in [6.07, 6.45) is 2.39. The molecule has 0 fully saturated rings. The zero-order valence-electron chi connectivity index (χ0n) is 11.6. The molecule has 0 bridgehead atoms. The van der Waals surface area contributed by atoms with Crippen LogP contribution < -0.4 is 5.73 Å². The summed E-state index contributed by atoms with van der Waals surface area (Å²) in [6.45, 7) is 3.55. The molecule has 2 aromatic rings. The van der Waals surface area contributed by atoms with E-state index in [9.17, 15) is 4.79 Å². The van der Waals surface area contributed by atoms with E-state index in [0.717, 1.165) is 18.5 Å². The molecule has 2 N–H and O–H groups in total. The fourth-order valence-corrected chi connectivity index (χ4v) is 1.99. The Kier molecular flexibility index (Phi) is 4.70. The van der Waals surface area contributed by atoms with E-state index >= 15 is 0 Å². The first-order valence-corrected chi connectivity index (χ1v) is 6.65. The van der Waals surface area contributed by atoms with E-state index in [1.54, 1.807) is 0 Å². The second kappa shape index (κ2) is 6.70. The molecule has 6 heteroatoms. The smallest absolute Gasteiger partial charge is 0.244 e. The quantitative estimate of drug-likeness (QED) is 0.860. The molecule has 20 heavy (non-hydrogen) atoms. The molecule has 6 nitrogen and oxygen atoms in total. The summed E-state index contributed by atoms with van der Waals surface area (Å²) < 4.78 is 1.46. The van der Waals surface area contributed by atoms with Crippen LogP contribution in [0.2, 0.25) is 0 Å². The van der Waals surface area contributed by atoms with Crippen molar-refractivity contribution >= 4 is 11.9 Å². The van der Waals surface area contributed by atoms with Crippen LogP contribution in [0, 0.1) is 0 Å². The fraction of sp³-hybridized carbons (Fsp3) is 0.357. The lowest BCUT2D eigenvalue weighted by Crippen LogP contribution is -2.34. The van der Waals surface area contributed by atoms with Crippen molar-refractivity contribution in [3.05, 3.63) is 42.2 Å². The molecule has 0 aliphatic heterocycles. The van der Waals surface area contributed by atoms with Gasteiger partial charge in [-0.3, -0.25) is 4.79 Å². The van der Waals surface area contributed by atoms with Crippen molar-refractivity contribution in [2.45, 2.75) is 26.4 Å². The summed E-state index contributed by atoms with van der Waals surface area (Å²) in [5.41, 5.74) is 6.56. The van der Waals surface area contributed by atoms with Gasteiger partial charge in [0.2, 0.25) is 11.9 Å². The third-order valence-electron chi connectivity index (χ3n) is 2.91. The van der Waals surface area contributed by atoms with Crippen LogP contribution in [0.25, 0.3) is 0 Å². The molecule has 0 saturated heterocycles. The molecule has 1 aromatic carbocycles. The van der Waals surface area contributed by atoms with Crippen molar-refractivity contribution in [2.75, 3.05) is 12.3 Å². The van der Waals surface area contributed by atoms with Gasteiger partial charge in [-0.2, -0.15) is 0 Å². The molecule has 0 spiro atoms. The number of anilines is 1. The van der Waals surface area contributed by atoms with Gasteiger partial charge >= 0.3 is 0 Å². The van der Waals surface area contributed by atoms with Crippen molar-refractivity contribution in [3.63, 3.8) is 0 Å². The number of amides is 1. The van der Waals surface area contributed by atoms with Crippen molar-refractivity contribution in [1.82, 2.24) is 19.7 Å². The van der Waals surface area contributed by atoms with Crippen molar-refractivity contribution < 1.29 is 4.79 Å². The summed E-state index contributed by atoms with van der Waals surface area (Å²) in [5, 5.41) is 3.94. The first kappa shape index (κ1) is 14.0. The zero-order chi connectivity index (χ0) is 14.4. The number of hydrogen-bond donors (Lipinski definition) is 1. The van der Waals surface area contributed by atoms with Gasteiger partial charge in [-0.1, -0.05) is 37.3 Å². The van der Waals surface area contributed by atoms with Gasteiger partial charge in [-0.05, 0) is 12.0 Å². The topological polar surface area (TPSA) is 77.0 Å². The molecule has 0 aliphatic carbocycles. The van der Waals surface area contributed by atoms with E-state index in [4.69, 9.17) is 5.73 Å². The van der Waals surface area contributed by atoms with Crippen LogP contribution in [0.15, 0.2) is 36.7 Å². The summed E-state index contributed by atoms with van der Waals surface area (Å²) in [6, 6.07) is 9.95. The molecule has 2 rings (SSSR count). The Hall–Kier alpha value is -2.37. The number of benzene rings is 1. The molecule has 106 valence electrons. The number of carbonyl (C=O) groups is 1. The van der Waals surface area contributed by atoms with E-state index in [-0.39, 0.29) is 18.4 Å². The number of nitrogen functional groups attached to an aromatic ring is 1. The molecule has 0 aliphatic rings. The zero-order valence-corrected chi connectivity index (χ0v) is 11.6. The van der Waals surface area contributed by atoms with Crippen molar-refractivity contribution in [3.8, 4) is 0 Å². The van der Waals surface area contributed by atoms with E-state index < -0.39 is 0 Å². The summed E-state index contributed by atoms with van der Waals surface area (Å²) in [5.74, 6) is 0.198. The minimum absolute atomic E-state index is 0.0144. The predicted octanol–water partition coefficient (Wildman–Crippen LogP) is 1.30. The Morgan fingerprint density at radius 3 is 2.70 bits per heavy atom. The van der Waals surface area contributed by atoms with Crippen LogP contribution in [0.3, 0.4) is 0 Å². The van der Waals surface area contributed by atoms with Gasteiger partial charge in [0.15, 0.2) is 0 Å². The number of nitrogens with two attached hydrogens (primary N) is 1. The normalized spacial score (nSPS) is 10.4. The summed E-state index contributed by atoms with van der Waals surface area (Å²) in [7, 11) is 0. The molecule has 0 radical (unpaired) electrons. The Morgan fingerprint density at radius 2 is 2.10 bits per heavy atom. The maximum Gasteiger partial charge on any atom is 0.244 e. The fourth-order valence-electron chi connectivity index (χ4n) is 1.99. The number of aromatic nitrogens is 3. The SMILES string of the molecule is CCCN(Cc1ccccc1)C(=O)Cn1cnc(N)n1. The molecule has 1 aromatic heterocycles. The molecule has 0 saturated carbocycles. The maximum absolute atomic E-state index is 12.3. The van der Waals surface area contributed by atoms with Gasteiger partial charge in [0.1, 0.15) is 12.9 Å². The lowest BCUT2D eigenvalue weighted by atomic mass is 10.2. The first-order chi connectivity index (χ1) is 9.69. The highest BCUT2D eigenvalue weighted by atomic mass is 16.2. The lowest BCUT2D eigenvalue weighted by molar-refractivity contribution is -0.132. The Bertz CT molecular complexity index is 552. The van der Waals surface area contributed by atoms with E-state index in [1.165, 1.54) is 11.0 Å². The predicted molar refractivity (Wildman–Crippen MR) is 76.6 cm³/mol. The Labute approximate surface area is 118 Å². The first-order valence-electron chi connectivity index (χ1n) is 6.65. The molecular weight excluding hydrogens is 254 g/mol. The van der Waals surface area contributed by atoms with Gasteiger partial charge in [0, 0.05) is 13.1 Å². The van der Waals surface area contributed by atoms with Crippen LogP contribution in [-0.4, -0.2) is 32.1 Å². The highest BCUT2D eigenvalue weighted by Gasteiger charge is 2.14. The van der Waals surface area contributed by atoms with Gasteiger partial charge in [0.05, 0.1) is 0 Å². The standard InChI is InChI=1S/C14H19N5O/c1-2-8-18(9-12-6-4-3-5-7-12)13(20)10-19-11-16-14(15)17-19/h3-7,11H,2,8-10H2,1H3,(H2,15,17). The monoisotopic (exact) mass is 273 g/mol. The van der Waals surface area contributed by atoms with Gasteiger partial charge in [0.25, 0.3) is 0 Å². The lowest BCUT2D eigenvalue weighted by Gasteiger charge is -2.22. The minimum atomic E-state index is 0.0144. The highest BCUT2D eigenvalue weighted by molar-refractivity contribution is 5.75. The van der Waals surface area contributed by atoms with E-state index in [2.05, 4.69) is 17.0 Å². The molecular formula is C14H19N5O. The number of nitrogens with zero attached hydrogens (tertiary/aromatic N) is 4. The molecule has 1 amide bonds. The highest BCUT2D eigenvalue weighted by Crippen LogP contribution is 2.06. The van der Waals surface area contributed by atoms with E-state index in [0.29, 0.717) is 6.54 Å². The maximum atomic E-state index is 12.3. The third kappa shape index (κ3) is 3.81. The van der Waals surface area contributed by atoms with Crippen molar-refractivity contribution in [2.24, 2.45) is 0 Å². The van der Waals surface area contributed by atoms with Gasteiger partial charge < -0.3 is 10.6 Å². The molecule has 0 atom stereocenters. The average molecular weight is 273 g/mol. The van der Waals surface area contributed by atoms with Crippen molar-refractivity contribution in [1.29, 1.82) is 0 Å². The molecule has 1 heterocycles. The Balaban J connectivity index is 2.02. The molecule has 0 unspecified atom stereocenters. The van der Waals surface area contributed by atoms with E-state index in [1.807, 2.05) is 35.2 Å².